The fraction of sp³-hybridized carbons (Fsp3) is 0.158. The molecule has 0 unspecified atom stereocenters. The molecule has 0 atom stereocenters. The lowest BCUT2D eigenvalue weighted by Crippen LogP contribution is -2.31. The van der Waals surface area contributed by atoms with E-state index in [1.54, 1.807) is 13.0 Å². The van der Waals surface area contributed by atoms with Gasteiger partial charge in [0.15, 0.2) is 0 Å². The van der Waals surface area contributed by atoms with Gasteiger partial charge in [0.25, 0.3) is 0 Å². The first kappa shape index (κ1) is 16.0. The Morgan fingerprint density at radius 3 is 2.12 bits per heavy atom. The van der Waals surface area contributed by atoms with Crippen molar-refractivity contribution in [3.8, 4) is 0 Å². The summed E-state index contributed by atoms with van der Waals surface area (Å²) in [6, 6.07) is 21.7. The van der Waals surface area contributed by atoms with Crippen molar-refractivity contribution in [3.05, 3.63) is 83.6 Å². The molecule has 5 nitrogen and oxygen atoms in total. The van der Waals surface area contributed by atoms with Gasteiger partial charge >= 0.3 is 0 Å². The zero-order chi connectivity index (χ0) is 16.8. The van der Waals surface area contributed by atoms with Gasteiger partial charge in [-0.05, 0) is 18.1 Å². The summed E-state index contributed by atoms with van der Waals surface area (Å²) >= 11 is 0. The molecule has 3 aromatic rings. The van der Waals surface area contributed by atoms with Crippen molar-refractivity contribution < 1.29 is 9.32 Å². The van der Waals surface area contributed by atoms with E-state index in [2.05, 4.69) is 15.8 Å². The van der Waals surface area contributed by atoms with Gasteiger partial charge in [-0.25, -0.2) is 0 Å². The highest BCUT2D eigenvalue weighted by Crippen LogP contribution is 2.21. The molecule has 3 rings (SSSR count). The van der Waals surface area contributed by atoms with Crippen molar-refractivity contribution in [2.45, 2.75) is 13.0 Å². The highest BCUT2D eigenvalue weighted by molar-refractivity contribution is 5.91. The second-order valence-electron chi connectivity index (χ2n) is 5.52. The molecule has 2 N–H and O–H groups in total. The molecule has 122 valence electrons. The molecule has 0 aliphatic carbocycles. The summed E-state index contributed by atoms with van der Waals surface area (Å²) in [5.74, 6) is 0.179. The van der Waals surface area contributed by atoms with Gasteiger partial charge in [-0.15, -0.1) is 0 Å². The fourth-order valence-electron chi connectivity index (χ4n) is 2.52. The van der Waals surface area contributed by atoms with E-state index in [9.17, 15) is 4.79 Å². The van der Waals surface area contributed by atoms with Crippen LogP contribution in [-0.4, -0.2) is 17.6 Å². The molecule has 1 heterocycles. The number of carbonyl (C=O) groups is 1. The standard InChI is InChI=1S/C19H19N3O2/c1-14-12-18(24-22-14)21-17(23)13-20-19(15-8-4-2-5-9-15)16-10-6-3-7-11-16/h2-12,19-20H,13H2,1H3,(H,21,23). The van der Waals surface area contributed by atoms with Crippen molar-refractivity contribution in [2.24, 2.45) is 0 Å². The van der Waals surface area contributed by atoms with Crippen LogP contribution in [0.1, 0.15) is 22.9 Å². The van der Waals surface area contributed by atoms with E-state index >= 15 is 0 Å². The van der Waals surface area contributed by atoms with Gasteiger partial charge in [0, 0.05) is 6.07 Å². The first-order valence-electron chi connectivity index (χ1n) is 7.79. The summed E-state index contributed by atoms with van der Waals surface area (Å²) in [6.07, 6.45) is 0. The Kier molecular flexibility index (Phi) is 5.03. The average molecular weight is 321 g/mol. The number of hydrogen-bond acceptors (Lipinski definition) is 4. The molecular weight excluding hydrogens is 302 g/mol. The molecule has 0 saturated heterocycles. The number of amides is 1. The molecule has 0 bridgehead atoms. The van der Waals surface area contributed by atoms with Crippen molar-refractivity contribution in [1.82, 2.24) is 10.5 Å². The molecule has 0 aliphatic rings. The van der Waals surface area contributed by atoms with Crippen molar-refractivity contribution in [1.29, 1.82) is 0 Å². The molecule has 1 amide bonds. The van der Waals surface area contributed by atoms with Crippen molar-refractivity contribution in [3.63, 3.8) is 0 Å². The molecule has 0 spiro atoms. The number of carbonyl (C=O) groups excluding carboxylic acids is 1. The van der Waals surface area contributed by atoms with Crippen LogP contribution in [0.2, 0.25) is 0 Å². The lowest BCUT2D eigenvalue weighted by atomic mass is 9.99. The van der Waals surface area contributed by atoms with Gasteiger partial charge in [-0.3, -0.25) is 15.4 Å². The minimum atomic E-state index is -0.178. The van der Waals surface area contributed by atoms with Crippen molar-refractivity contribution in [2.75, 3.05) is 11.9 Å². The number of aryl methyl sites for hydroxylation is 1. The molecule has 24 heavy (non-hydrogen) atoms. The molecule has 5 heteroatoms. The minimum absolute atomic E-state index is 0.0605. The smallest absolute Gasteiger partial charge is 0.240 e. The molecule has 0 fully saturated rings. The van der Waals surface area contributed by atoms with E-state index in [1.807, 2.05) is 60.7 Å². The van der Waals surface area contributed by atoms with Gasteiger partial charge in [0.05, 0.1) is 18.3 Å². The Hall–Kier alpha value is -2.92. The predicted octanol–water partition coefficient (Wildman–Crippen LogP) is 3.30. The number of anilines is 1. The van der Waals surface area contributed by atoms with E-state index in [-0.39, 0.29) is 18.5 Å². The Labute approximate surface area is 140 Å². The monoisotopic (exact) mass is 321 g/mol. The number of rotatable bonds is 6. The Morgan fingerprint density at radius 2 is 1.62 bits per heavy atom. The van der Waals surface area contributed by atoms with Gasteiger partial charge < -0.3 is 4.52 Å². The number of nitrogens with zero attached hydrogens (tertiary/aromatic N) is 1. The van der Waals surface area contributed by atoms with Crippen LogP contribution in [0, 0.1) is 6.92 Å². The lowest BCUT2D eigenvalue weighted by Gasteiger charge is -2.19. The molecule has 1 aromatic heterocycles. The summed E-state index contributed by atoms with van der Waals surface area (Å²) in [7, 11) is 0. The zero-order valence-electron chi connectivity index (χ0n) is 13.4. The first-order valence-corrected chi connectivity index (χ1v) is 7.79. The third-order valence-corrected chi connectivity index (χ3v) is 3.62. The molecular formula is C19H19N3O2. The van der Waals surface area contributed by atoms with Crippen LogP contribution in [0.15, 0.2) is 71.3 Å². The average Bonchev–Trinajstić information content (AvgIpc) is 3.02. The fourth-order valence-corrected chi connectivity index (χ4v) is 2.52. The van der Waals surface area contributed by atoms with Gasteiger partial charge in [0.1, 0.15) is 0 Å². The van der Waals surface area contributed by atoms with Crippen LogP contribution in [0.4, 0.5) is 5.88 Å². The second-order valence-corrected chi connectivity index (χ2v) is 5.52. The third kappa shape index (κ3) is 4.08. The van der Waals surface area contributed by atoms with Gasteiger partial charge in [0.2, 0.25) is 11.8 Å². The van der Waals surface area contributed by atoms with E-state index in [4.69, 9.17) is 4.52 Å². The lowest BCUT2D eigenvalue weighted by molar-refractivity contribution is -0.115. The first-order chi connectivity index (χ1) is 11.7. The SMILES string of the molecule is Cc1cc(NC(=O)CNC(c2ccccc2)c2ccccc2)on1. The van der Waals surface area contributed by atoms with Crippen LogP contribution in [-0.2, 0) is 4.79 Å². The minimum Gasteiger partial charge on any atom is -0.338 e. The topological polar surface area (TPSA) is 67.2 Å². The molecule has 0 saturated carbocycles. The Morgan fingerprint density at radius 1 is 1.04 bits per heavy atom. The highest BCUT2D eigenvalue weighted by Gasteiger charge is 2.15. The zero-order valence-corrected chi connectivity index (χ0v) is 13.4. The quantitative estimate of drug-likeness (QED) is 0.731. The van der Waals surface area contributed by atoms with Crippen LogP contribution in [0.3, 0.4) is 0 Å². The van der Waals surface area contributed by atoms with E-state index in [0.717, 1.165) is 16.8 Å². The van der Waals surface area contributed by atoms with Gasteiger partial charge in [-0.1, -0.05) is 65.8 Å². The normalized spacial score (nSPS) is 10.8. The van der Waals surface area contributed by atoms with Crippen LogP contribution >= 0.6 is 0 Å². The summed E-state index contributed by atoms with van der Waals surface area (Å²) in [6.45, 7) is 1.96. The highest BCUT2D eigenvalue weighted by atomic mass is 16.5. The maximum Gasteiger partial charge on any atom is 0.240 e. The maximum atomic E-state index is 12.1. The molecule has 2 aromatic carbocycles. The number of benzene rings is 2. The van der Waals surface area contributed by atoms with Crippen LogP contribution in [0.5, 0.6) is 0 Å². The summed E-state index contributed by atoms with van der Waals surface area (Å²) in [4.78, 5) is 12.1. The third-order valence-electron chi connectivity index (χ3n) is 3.62. The van der Waals surface area contributed by atoms with E-state index in [0.29, 0.717) is 5.88 Å². The van der Waals surface area contributed by atoms with Gasteiger partial charge in [-0.2, -0.15) is 0 Å². The largest absolute Gasteiger partial charge is 0.338 e. The summed E-state index contributed by atoms with van der Waals surface area (Å²) in [5, 5.41) is 9.75. The summed E-state index contributed by atoms with van der Waals surface area (Å²) in [5.41, 5.74) is 2.93. The van der Waals surface area contributed by atoms with E-state index < -0.39 is 0 Å². The molecule has 0 radical (unpaired) electrons. The number of aromatic nitrogens is 1. The Bertz CT molecular complexity index is 745. The summed E-state index contributed by atoms with van der Waals surface area (Å²) < 4.78 is 5.00. The van der Waals surface area contributed by atoms with Crippen LogP contribution < -0.4 is 10.6 Å². The number of nitrogens with one attached hydrogen (secondary N) is 2. The number of hydrogen-bond donors (Lipinski definition) is 2. The second kappa shape index (κ2) is 7.57. The maximum absolute atomic E-state index is 12.1. The predicted molar refractivity (Wildman–Crippen MR) is 92.6 cm³/mol. The van der Waals surface area contributed by atoms with E-state index in [1.165, 1.54) is 0 Å². The van der Waals surface area contributed by atoms with Crippen molar-refractivity contribution >= 4 is 11.8 Å². The molecule has 0 aliphatic heterocycles. The van der Waals surface area contributed by atoms with Crippen LogP contribution in [0.25, 0.3) is 0 Å². The Balaban J connectivity index is 1.69.